The van der Waals surface area contributed by atoms with Crippen molar-refractivity contribution in [2.45, 2.75) is 0 Å². The Balaban J connectivity index is 0.000000143. The summed E-state index contributed by atoms with van der Waals surface area (Å²) in [4.78, 5) is 0. The molecule has 1 radical (unpaired) electrons. The fourth-order valence-electron chi connectivity index (χ4n) is 5.66. The predicted octanol–water partition coefficient (Wildman–Crippen LogP) is 8.23. The Kier molecular flexibility index (Phi) is 16.9. The van der Waals surface area contributed by atoms with Crippen LogP contribution in [0, 0.1) is 19.3 Å². The fraction of sp³-hybridized carbons (Fsp3) is 0. The molecule has 8 heteroatoms. The first-order valence-corrected chi connectivity index (χ1v) is 18.1. The topological polar surface area (TPSA) is 86.0 Å². The van der Waals surface area contributed by atoms with E-state index in [4.69, 9.17) is 0 Å². The van der Waals surface area contributed by atoms with Gasteiger partial charge in [-0.1, -0.05) is 109 Å². The first-order valence-electron chi connectivity index (χ1n) is 18.1. The van der Waals surface area contributed by atoms with E-state index < -0.39 is 0 Å². The van der Waals surface area contributed by atoms with Crippen LogP contribution in [0.25, 0.3) is 0 Å². The van der Waals surface area contributed by atoms with Crippen LogP contribution in [0.1, 0.15) is 33.4 Å². The molecule has 6 nitrogen and oxygen atoms in total. The molecule has 0 aliphatic carbocycles. The molecule has 0 spiro atoms. The van der Waals surface area contributed by atoms with E-state index in [1.165, 1.54) is 33.4 Å². The zero-order chi connectivity index (χ0) is 37.6. The Morgan fingerprint density at radius 1 is 0.286 bits per heavy atom. The van der Waals surface area contributed by atoms with E-state index >= 15 is 0 Å². The number of aromatic nitrogens is 6. The third-order valence-corrected chi connectivity index (χ3v) is 8.30. The van der Waals surface area contributed by atoms with Gasteiger partial charge in [-0.05, 0) is 18.2 Å². The summed E-state index contributed by atoms with van der Waals surface area (Å²) in [7, 11) is 0. The normalized spacial score (nSPS) is 9.64. The van der Waals surface area contributed by atoms with Crippen molar-refractivity contribution in [3.05, 3.63) is 271 Å². The molecule has 0 aliphatic rings. The Bertz CT molecular complexity index is 1880. The summed E-state index contributed by atoms with van der Waals surface area (Å²) in [5.74, 6) is 0. The third kappa shape index (κ3) is 13.7. The van der Waals surface area contributed by atoms with Gasteiger partial charge in [0.15, 0.2) is 0 Å². The van der Waals surface area contributed by atoms with Crippen LogP contribution < -0.4 is 16.8 Å². The van der Waals surface area contributed by atoms with Gasteiger partial charge < -0.3 is 0 Å². The maximum absolute atomic E-state index is 3.97. The SMILES string of the molecule is [Zr+3].c1cc(B(c2ccn[nH]2)c2ccn[nH]2)[nH]n1.c1ccc([CH-]c2ccccc2)cc1.c1ccc([CH-]c2ccccc2)cc1.c1ccc([CH-]c2ccccc2)cc1. The van der Waals surface area contributed by atoms with Crippen LogP contribution in [0.2, 0.25) is 0 Å². The predicted molar refractivity (Wildman–Crippen MR) is 227 cm³/mol. The van der Waals surface area contributed by atoms with Crippen molar-refractivity contribution in [1.82, 2.24) is 30.6 Å². The summed E-state index contributed by atoms with van der Waals surface area (Å²) >= 11 is 0. The Hall–Kier alpha value is -6.49. The number of hydrogen-bond donors (Lipinski definition) is 3. The standard InChI is InChI=1S/3C13H11.C9H9BN6.Zr/c3*1-3-7-12(8-4-1)11-13-9-5-2-6-10-13;1-4-11-14-7(1)10(8-2-5-12-15-8)9-3-6-13-16-9;/h3*1-11H;1-6H,(H,11,14)(H,12,15)(H,13,16);/q3*-1;;+3. The summed E-state index contributed by atoms with van der Waals surface area (Å²) in [5.41, 5.74) is 10.4. The molecule has 9 rings (SSSR count). The molecule has 9 aromatic rings. The van der Waals surface area contributed by atoms with Crippen LogP contribution in [-0.4, -0.2) is 37.3 Å². The number of H-pyrrole nitrogens is 3. The van der Waals surface area contributed by atoms with E-state index in [-0.39, 0.29) is 32.9 Å². The van der Waals surface area contributed by atoms with Crippen LogP contribution in [-0.2, 0) is 26.2 Å². The maximum atomic E-state index is 3.97. The molecule has 0 fully saturated rings. The summed E-state index contributed by atoms with van der Waals surface area (Å²) in [5, 5.41) is 20.8. The minimum atomic E-state index is 0. The van der Waals surface area contributed by atoms with Crippen molar-refractivity contribution in [2.24, 2.45) is 0 Å². The largest absolute Gasteiger partial charge is 3.00 e. The van der Waals surface area contributed by atoms with E-state index in [1.54, 1.807) is 18.6 Å². The molecule has 3 heterocycles. The Morgan fingerprint density at radius 2 is 0.482 bits per heavy atom. The number of nitrogens with zero attached hydrogens (tertiary/aromatic N) is 3. The van der Waals surface area contributed by atoms with E-state index in [1.807, 2.05) is 54.6 Å². The smallest absolute Gasteiger partial charge is 0.291 e. The van der Waals surface area contributed by atoms with Crippen molar-refractivity contribution in [2.75, 3.05) is 0 Å². The summed E-state index contributed by atoms with van der Waals surface area (Å²) in [6, 6.07) is 67.8. The molecule has 0 amide bonds. The Morgan fingerprint density at radius 3 is 0.643 bits per heavy atom. The first kappa shape index (κ1) is 40.7. The molecule has 0 unspecified atom stereocenters. The molecule has 0 aliphatic heterocycles. The minimum Gasteiger partial charge on any atom is -0.291 e. The molecule has 0 saturated carbocycles. The van der Waals surface area contributed by atoms with Gasteiger partial charge in [-0.15, -0.1) is 125 Å². The number of rotatable bonds is 9. The van der Waals surface area contributed by atoms with E-state index in [0.29, 0.717) is 0 Å². The number of nitrogens with one attached hydrogen (secondary N) is 3. The average molecular weight is 805 g/mol. The van der Waals surface area contributed by atoms with Gasteiger partial charge in [-0.2, -0.15) is 15.3 Å². The molecular weight excluding hydrogens is 763 g/mol. The van der Waals surface area contributed by atoms with Crippen LogP contribution in [0.3, 0.4) is 0 Å². The van der Waals surface area contributed by atoms with Gasteiger partial charge in [-0.3, -0.25) is 15.3 Å². The zero-order valence-corrected chi connectivity index (χ0v) is 33.4. The molecule has 3 aromatic heterocycles. The van der Waals surface area contributed by atoms with Gasteiger partial charge in [0.1, 0.15) is 0 Å². The van der Waals surface area contributed by atoms with Crippen LogP contribution in [0.4, 0.5) is 0 Å². The molecule has 271 valence electrons. The van der Waals surface area contributed by atoms with Gasteiger partial charge in [0, 0.05) is 35.4 Å². The maximum Gasteiger partial charge on any atom is 3.00 e. The van der Waals surface area contributed by atoms with Crippen LogP contribution >= 0.6 is 0 Å². The van der Waals surface area contributed by atoms with Crippen molar-refractivity contribution >= 4 is 23.5 Å². The number of benzene rings is 6. The van der Waals surface area contributed by atoms with Crippen LogP contribution in [0.5, 0.6) is 0 Å². The summed E-state index contributed by atoms with van der Waals surface area (Å²) in [6.45, 7) is 0.0347. The molecule has 6 aromatic carbocycles. The second-order valence-electron chi connectivity index (χ2n) is 12.4. The van der Waals surface area contributed by atoms with Crippen molar-refractivity contribution < 1.29 is 26.2 Å². The summed E-state index contributed by atoms with van der Waals surface area (Å²) < 4.78 is 0. The molecular formula is C48H42BN6Zr. The fourth-order valence-corrected chi connectivity index (χ4v) is 5.66. The Labute approximate surface area is 349 Å². The van der Waals surface area contributed by atoms with E-state index in [9.17, 15) is 0 Å². The van der Waals surface area contributed by atoms with Gasteiger partial charge in [-0.25, -0.2) is 0 Å². The number of aromatic amines is 3. The first-order chi connectivity index (χ1) is 27.3. The minimum absolute atomic E-state index is 0. The zero-order valence-electron chi connectivity index (χ0n) is 30.9. The molecule has 0 atom stereocenters. The van der Waals surface area contributed by atoms with Crippen molar-refractivity contribution in [1.29, 1.82) is 0 Å². The second-order valence-corrected chi connectivity index (χ2v) is 12.4. The second kappa shape index (κ2) is 23.3. The van der Waals surface area contributed by atoms with Crippen molar-refractivity contribution in [3.8, 4) is 0 Å². The van der Waals surface area contributed by atoms with Crippen LogP contribution in [0.15, 0.2) is 219 Å². The quantitative estimate of drug-likeness (QED) is 0.102. The van der Waals surface area contributed by atoms with Gasteiger partial charge in [0.05, 0.1) is 0 Å². The summed E-state index contributed by atoms with van der Waals surface area (Å²) in [6.07, 6.45) is 11.7. The molecule has 0 bridgehead atoms. The van der Waals surface area contributed by atoms with Gasteiger partial charge in [0.25, 0.3) is 0 Å². The van der Waals surface area contributed by atoms with Gasteiger partial charge >= 0.3 is 32.9 Å². The van der Waals surface area contributed by atoms with E-state index in [2.05, 4.69) is 195 Å². The monoisotopic (exact) mass is 803 g/mol. The average Bonchev–Trinajstić information content (AvgIpc) is 4.08. The molecule has 56 heavy (non-hydrogen) atoms. The van der Waals surface area contributed by atoms with Crippen molar-refractivity contribution in [3.63, 3.8) is 0 Å². The molecule has 0 saturated heterocycles. The van der Waals surface area contributed by atoms with Gasteiger partial charge in [0.2, 0.25) is 0 Å². The molecule has 3 N–H and O–H groups in total. The van der Waals surface area contributed by atoms with E-state index in [0.717, 1.165) is 16.8 Å². The third-order valence-electron chi connectivity index (χ3n) is 8.30. The number of hydrogen-bond acceptors (Lipinski definition) is 3.